The van der Waals surface area contributed by atoms with Crippen LogP contribution >= 0.6 is 0 Å². The third kappa shape index (κ3) is 19.1. The van der Waals surface area contributed by atoms with Crippen molar-refractivity contribution in [1.82, 2.24) is 5.32 Å². The van der Waals surface area contributed by atoms with Crippen LogP contribution in [0.25, 0.3) is 0 Å². The fourth-order valence-electron chi connectivity index (χ4n) is 3.59. The molecule has 1 amide bonds. The van der Waals surface area contributed by atoms with Gasteiger partial charge in [-0.15, -0.1) is 0 Å². The molecule has 2 N–H and O–H groups in total. The topological polar surface area (TPSA) is 67.8 Å². The van der Waals surface area contributed by atoms with E-state index in [0.29, 0.717) is 19.4 Å². The zero-order chi connectivity index (χ0) is 22.3. The highest BCUT2D eigenvalue weighted by atomic mass is 16.5. The molecule has 178 valence electrons. The molecular weight excluding hydrogens is 378 g/mol. The number of ether oxygens (including phenoxy) is 2. The third-order valence-electron chi connectivity index (χ3n) is 5.52. The number of allylic oxidation sites excluding steroid dienone is 1. The second-order valence-electron chi connectivity index (χ2n) is 8.33. The van der Waals surface area contributed by atoms with E-state index in [1.807, 2.05) is 0 Å². The van der Waals surface area contributed by atoms with Crippen LogP contribution in [0.2, 0.25) is 0 Å². The number of carbonyl (C=O) groups excluding carboxylic acids is 1. The Morgan fingerprint density at radius 3 is 2.07 bits per heavy atom. The van der Waals surface area contributed by atoms with Gasteiger partial charge in [-0.2, -0.15) is 0 Å². The molecule has 0 aliphatic carbocycles. The van der Waals surface area contributed by atoms with Crippen molar-refractivity contribution in [3.8, 4) is 0 Å². The first kappa shape index (κ1) is 29.1. The van der Waals surface area contributed by atoms with Crippen molar-refractivity contribution >= 4 is 5.91 Å². The Kier molecular flexibility index (Phi) is 22.1. The van der Waals surface area contributed by atoms with Crippen LogP contribution in [-0.2, 0) is 14.3 Å². The van der Waals surface area contributed by atoms with Gasteiger partial charge < -0.3 is 19.9 Å². The molecule has 5 heteroatoms. The minimum absolute atomic E-state index is 0.0556. The Morgan fingerprint density at radius 1 is 0.933 bits per heavy atom. The lowest BCUT2D eigenvalue weighted by Crippen LogP contribution is -2.40. The first-order valence-corrected chi connectivity index (χ1v) is 12.2. The molecule has 0 unspecified atom stereocenters. The van der Waals surface area contributed by atoms with Crippen LogP contribution in [0.4, 0.5) is 0 Å². The van der Waals surface area contributed by atoms with Crippen molar-refractivity contribution < 1.29 is 19.4 Å². The smallest absolute Gasteiger partial charge is 0.220 e. The van der Waals surface area contributed by atoms with E-state index < -0.39 is 0 Å². The lowest BCUT2D eigenvalue weighted by molar-refractivity contribution is -0.122. The normalized spacial score (nSPS) is 13.6. The monoisotopic (exact) mass is 427 g/mol. The number of rotatable bonds is 22. The maximum atomic E-state index is 11.8. The molecule has 0 aromatic carbocycles. The molecule has 0 heterocycles. The Morgan fingerprint density at radius 2 is 1.53 bits per heavy atom. The number of amides is 1. The van der Waals surface area contributed by atoms with Crippen LogP contribution in [0, 0.1) is 0 Å². The molecule has 0 bridgehead atoms. The highest BCUT2D eigenvalue weighted by molar-refractivity contribution is 5.76. The molecule has 0 radical (unpaired) electrons. The van der Waals surface area contributed by atoms with E-state index in [1.54, 1.807) is 14.2 Å². The largest absolute Gasteiger partial charge is 0.394 e. The fourth-order valence-corrected chi connectivity index (χ4v) is 3.59. The average Bonchev–Trinajstić information content (AvgIpc) is 2.75. The lowest BCUT2D eigenvalue weighted by atomic mass is 10.0. The van der Waals surface area contributed by atoms with E-state index in [2.05, 4.69) is 24.4 Å². The maximum Gasteiger partial charge on any atom is 0.220 e. The van der Waals surface area contributed by atoms with E-state index in [-0.39, 0.29) is 24.7 Å². The molecule has 0 rings (SSSR count). The van der Waals surface area contributed by atoms with Gasteiger partial charge in [0.1, 0.15) is 0 Å². The van der Waals surface area contributed by atoms with Gasteiger partial charge in [0.05, 0.1) is 25.4 Å². The lowest BCUT2D eigenvalue weighted by Gasteiger charge is -2.14. The van der Waals surface area contributed by atoms with Crippen molar-refractivity contribution in [1.29, 1.82) is 0 Å². The molecule has 0 saturated heterocycles. The van der Waals surface area contributed by atoms with E-state index in [4.69, 9.17) is 14.6 Å². The third-order valence-corrected chi connectivity index (χ3v) is 5.52. The Hall–Kier alpha value is -0.910. The molecule has 5 nitrogen and oxygen atoms in total. The Labute approximate surface area is 186 Å². The van der Waals surface area contributed by atoms with Crippen molar-refractivity contribution in [3.05, 3.63) is 12.2 Å². The van der Waals surface area contributed by atoms with E-state index in [0.717, 1.165) is 12.8 Å². The summed E-state index contributed by atoms with van der Waals surface area (Å²) < 4.78 is 10.5. The molecule has 2 atom stereocenters. The highest BCUT2D eigenvalue weighted by Gasteiger charge is 2.10. The molecule has 0 aliphatic rings. The van der Waals surface area contributed by atoms with Crippen LogP contribution in [-0.4, -0.2) is 50.6 Å². The first-order chi connectivity index (χ1) is 14.7. The average molecular weight is 428 g/mol. The second kappa shape index (κ2) is 22.8. The molecule has 0 fully saturated rings. The van der Waals surface area contributed by atoms with Gasteiger partial charge in [0.15, 0.2) is 0 Å². The van der Waals surface area contributed by atoms with Gasteiger partial charge in [-0.05, 0) is 19.3 Å². The van der Waals surface area contributed by atoms with Gasteiger partial charge in [0.25, 0.3) is 0 Å². The van der Waals surface area contributed by atoms with E-state index in [1.165, 1.54) is 70.6 Å². The number of methoxy groups -OCH3 is 2. The maximum absolute atomic E-state index is 11.8. The van der Waals surface area contributed by atoms with Crippen LogP contribution < -0.4 is 5.32 Å². The van der Waals surface area contributed by atoms with Crippen LogP contribution in [0.1, 0.15) is 103 Å². The predicted molar refractivity (Wildman–Crippen MR) is 126 cm³/mol. The minimum atomic E-state index is -0.324. The van der Waals surface area contributed by atoms with E-state index >= 15 is 0 Å². The van der Waals surface area contributed by atoms with Gasteiger partial charge in [-0.25, -0.2) is 0 Å². The Bertz CT molecular complexity index is 401. The summed E-state index contributed by atoms with van der Waals surface area (Å²) >= 11 is 0. The SMILES string of the molecule is CCCCCCCCCCCCC[C@H](C/C=C/CCC(=O)N[C@@H](CO)COC)OC. The number of hydrogen-bond acceptors (Lipinski definition) is 4. The second-order valence-corrected chi connectivity index (χ2v) is 8.33. The fraction of sp³-hybridized carbons (Fsp3) is 0.880. The summed E-state index contributed by atoms with van der Waals surface area (Å²) in [5, 5.41) is 11.9. The molecular formula is C25H49NO4. The van der Waals surface area contributed by atoms with Gasteiger partial charge >= 0.3 is 0 Å². The number of aliphatic hydroxyl groups excluding tert-OH is 1. The molecule has 0 spiro atoms. The number of unbranched alkanes of at least 4 members (excludes halogenated alkanes) is 10. The van der Waals surface area contributed by atoms with Crippen LogP contribution in [0.3, 0.4) is 0 Å². The number of nitrogens with one attached hydrogen (secondary N) is 1. The highest BCUT2D eigenvalue weighted by Crippen LogP contribution is 2.14. The quantitative estimate of drug-likeness (QED) is 0.175. The van der Waals surface area contributed by atoms with Gasteiger partial charge in [0, 0.05) is 20.6 Å². The number of carbonyl (C=O) groups is 1. The summed E-state index contributed by atoms with van der Waals surface area (Å²) in [6, 6.07) is -0.324. The number of hydrogen-bond donors (Lipinski definition) is 2. The van der Waals surface area contributed by atoms with Crippen molar-refractivity contribution in [2.24, 2.45) is 0 Å². The summed E-state index contributed by atoms with van der Waals surface area (Å²) in [7, 11) is 3.34. The minimum Gasteiger partial charge on any atom is -0.394 e. The zero-order valence-electron chi connectivity index (χ0n) is 20.0. The summed E-state index contributed by atoms with van der Waals surface area (Å²) in [5.41, 5.74) is 0. The van der Waals surface area contributed by atoms with Crippen molar-refractivity contribution in [2.45, 2.75) is 115 Å². The van der Waals surface area contributed by atoms with Crippen molar-refractivity contribution in [2.75, 3.05) is 27.4 Å². The molecule has 0 aromatic rings. The van der Waals surface area contributed by atoms with Gasteiger partial charge in [-0.3, -0.25) is 4.79 Å². The van der Waals surface area contributed by atoms with Gasteiger partial charge in [0.2, 0.25) is 5.91 Å². The van der Waals surface area contributed by atoms with Crippen LogP contribution in [0.15, 0.2) is 12.2 Å². The first-order valence-electron chi connectivity index (χ1n) is 12.2. The Balaban J connectivity index is 3.63. The summed E-state index contributed by atoms with van der Waals surface area (Å²) in [5.74, 6) is -0.0556. The summed E-state index contributed by atoms with van der Waals surface area (Å²) in [4.78, 5) is 11.8. The zero-order valence-corrected chi connectivity index (χ0v) is 20.0. The standard InChI is InChI=1S/C25H49NO4/c1-4-5-6-7-8-9-10-11-12-13-15-18-24(30-3)19-16-14-17-20-25(28)26-23(21-27)22-29-2/h14,16,23-24,27H,4-13,15,17-22H2,1-3H3,(H,26,28)/b16-14+/t23-,24+/m0/s1. The molecule has 0 aromatic heterocycles. The molecule has 0 saturated carbocycles. The molecule has 30 heavy (non-hydrogen) atoms. The molecule has 0 aliphatic heterocycles. The van der Waals surface area contributed by atoms with Gasteiger partial charge in [-0.1, -0.05) is 89.7 Å². The predicted octanol–water partition coefficient (Wildman–Crippen LogP) is 5.55. The number of aliphatic hydroxyl groups is 1. The van der Waals surface area contributed by atoms with Crippen LogP contribution in [0.5, 0.6) is 0 Å². The summed E-state index contributed by atoms with van der Waals surface area (Å²) in [6.07, 6.45) is 22.6. The van der Waals surface area contributed by atoms with Crippen molar-refractivity contribution in [3.63, 3.8) is 0 Å². The summed E-state index contributed by atoms with van der Waals surface area (Å²) in [6.45, 7) is 2.49. The van der Waals surface area contributed by atoms with E-state index in [9.17, 15) is 4.79 Å².